The predicted molar refractivity (Wildman–Crippen MR) is 129 cm³/mol. The Morgan fingerprint density at radius 3 is 2.71 bits per heavy atom. The van der Waals surface area contributed by atoms with Crippen molar-refractivity contribution in [2.45, 2.75) is 56.9 Å². The smallest absolute Gasteiger partial charge is 0.222 e. The van der Waals surface area contributed by atoms with Crippen LogP contribution in [0.2, 0.25) is 0 Å². The van der Waals surface area contributed by atoms with Crippen LogP contribution in [-0.4, -0.2) is 49.5 Å². The molecular formula is C21H32BrIN4O. The van der Waals surface area contributed by atoms with E-state index in [2.05, 4.69) is 67.6 Å². The molecular weight excluding hydrogens is 531 g/mol. The molecule has 28 heavy (non-hydrogen) atoms. The number of hydrogen-bond donors (Lipinski definition) is 2. The van der Waals surface area contributed by atoms with Gasteiger partial charge in [0.15, 0.2) is 5.96 Å². The summed E-state index contributed by atoms with van der Waals surface area (Å²) < 4.78 is 1.14. The van der Waals surface area contributed by atoms with Crippen LogP contribution in [0.5, 0.6) is 0 Å². The zero-order valence-electron chi connectivity index (χ0n) is 16.8. The van der Waals surface area contributed by atoms with Crippen LogP contribution in [-0.2, 0) is 10.2 Å². The van der Waals surface area contributed by atoms with Crippen molar-refractivity contribution in [2.24, 2.45) is 4.99 Å². The number of carbonyl (C=O) groups is 1. The maximum absolute atomic E-state index is 12.0. The van der Waals surface area contributed by atoms with E-state index in [0.29, 0.717) is 18.4 Å². The number of benzene rings is 1. The van der Waals surface area contributed by atoms with E-state index in [0.717, 1.165) is 49.3 Å². The van der Waals surface area contributed by atoms with Crippen molar-refractivity contribution in [1.82, 2.24) is 15.5 Å². The molecule has 1 aromatic rings. The lowest BCUT2D eigenvalue weighted by Crippen LogP contribution is -2.43. The molecule has 1 saturated heterocycles. The molecule has 156 valence electrons. The zero-order valence-corrected chi connectivity index (χ0v) is 20.8. The minimum atomic E-state index is 0. The summed E-state index contributed by atoms with van der Waals surface area (Å²) in [6.45, 7) is 4.80. The topological polar surface area (TPSA) is 56.7 Å². The Bertz CT molecular complexity index is 693. The highest BCUT2D eigenvalue weighted by molar-refractivity contribution is 14.0. The minimum absolute atomic E-state index is 0. The van der Waals surface area contributed by atoms with E-state index < -0.39 is 0 Å². The van der Waals surface area contributed by atoms with Crippen molar-refractivity contribution >= 4 is 51.8 Å². The number of hydrogen-bond acceptors (Lipinski definition) is 2. The van der Waals surface area contributed by atoms with Crippen LogP contribution in [0.15, 0.2) is 33.7 Å². The largest absolute Gasteiger partial charge is 0.356 e. The van der Waals surface area contributed by atoms with E-state index in [1.807, 2.05) is 7.05 Å². The molecule has 2 N–H and O–H groups in total. The first-order valence-corrected chi connectivity index (χ1v) is 10.9. The fourth-order valence-corrected chi connectivity index (χ4v) is 4.40. The van der Waals surface area contributed by atoms with Gasteiger partial charge in [-0.3, -0.25) is 9.79 Å². The molecule has 1 aliphatic heterocycles. The maximum atomic E-state index is 12.0. The third-order valence-corrected chi connectivity index (χ3v) is 6.39. The summed E-state index contributed by atoms with van der Waals surface area (Å²) in [5.74, 6) is 1.16. The van der Waals surface area contributed by atoms with E-state index in [9.17, 15) is 4.79 Å². The second kappa shape index (κ2) is 10.8. The van der Waals surface area contributed by atoms with Crippen molar-refractivity contribution in [2.75, 3.05) is 26.7 Å². The summed E-state index contributed by atoms with van der Waals surface area (Å²) in [5, 5.41) is 6.93. The molecule has 1 atom stereocenters. The average Bonchev–Trinajstić information content (AvgIpc) is 3.36. The zero-order chi connectivity index (χ0) is 19.3. The van der Waals surface area contributed by atoms with Gasteiger partial charge < -0.3 is 15.5 Å². The highest BCUT2D eigenvalue weighted by Gasteiger charge is 2.44. The number of carbonyl (C=O) groups excluding carboxylic acids is 1. The molecule has 0 spiro atoms. The van der Waals surface area contributed by atoms with Crippen molar-refractivity contribution < 1.29 is 4.79 Å². The van der Waals surface area contributed by atoms with E-state index in [4.69, 9.17) is 0 Å². The van der Waals surface area contributed by atoms with Gasteiger partial charge in [-0.05, 0) is 49.8 Å². The van der Waals surface area contributed by atoms with Crippen LogP contribution in [0, 0.1) is 0 Å². The number of nitrogens with one attached hydrogen (secondary N) is 2. The minimum Gasteiger partial charge on any atom is -0.356 e. The first-order chi connectivity index (χ1) is 13.1. The van der Waals surface area contributed by atoms with Gasteiger partial charge in [-0.1, -0.05) is 35.0 Å². The number of rotatable bonds is 8. The Balaban J connectivity index is 0.00000280. The Morgan fingerprint density at radius 1 is 1.36 bits per heavy atom. The molecule has 1 aromatic carbocycles. The SMILES string of the molecule is CCC(CCNC(=NC)NCC1(c2cccc(Br)c2)CC1)N1CCCC1=O.I. The molecule has 1 aliphatic carbocycles. The quantitative estimate of drug-likeness (QED) is 0.285. The van der Waals surface area contributed by atoms with Crippen LogP contribution in [0.4, 0.5) is 0 Å². The van der Waals surface area contributed by atoms with Gasteiger partial charge in [0, 0.05) is 49.0 Å². The molecule has 0 radical (unpaired) electrons. The summed E-state index contributed by atoms with van der Waals surface area (Å²) in [4.78, 5) is 18.4. The average molecular weight is 563 g/mol. The molecule has 1 unspecified atom stereocenters. The van der Waals surface area contributed by atoms with Crippen LogP contribution in [0.3, 0.4) is 0 Å². The van der Waals surface area contributed by atoms with E-state index >= 15 is 0 Å². The first kappa shape index (κ1) is 23.4. The number of amides is 1. The third kappa shape index (κ3) is 5.84. The Hall–Kier alpha value is -0.830. The molecule has 1 saturated carbocycles. The van der Waals surface area contributed by atoms with Gasteiger partial charge in [0.25, 0.3) is 0 Å². The molecule has 2 fully saturated rings. The standard InChI is InChI=1S/C21H31BrN4O.HI/c1-3-18(26-13-5-8-19(26)27)9-12-24-20(23-2)25-15-21(10-11-21)16-6-4-7-17(22)14-16;/h4,6-7,14,18H,3,5,8-13,15H2,1-2H3,(H2,23,24,25);1H. The lowest BCUT2D eigenvalue weighted by molar-refractivity contribution is -0.129. The summed E-state index contributed by atoms with van der Waals surface area (Å²) in [6.07, 6.45) is 6.10. The van der Waals surface area contributed by atoms with Crippen molar-refractivity contribution in [3.05, 3.63) is 34.3 Å². The Morgan fingerprint density at radius 2 is 2.14 bits per heavy atom. The second-order valence-electron chi connectivity index (χ2n) is 7.68. The number of guanidine groups is 1. The van der Waals surface area contributed by atoms with E-state index in [1.54, 1.807) is 0 Å². The van der Waals surface area contributed by atoms with Crippen molar-refractivity contribution in [3.63, 3.8) is 0 Å². The van der Waals surface area contributed by atoms with Crippen LogP contribution < -0.4 is 10.6 Å². The molecule has 3 rings (SSSR count). The summed E-state index contributed by atoms with van der Waals surface area (Å²) >= 11 is 3.58. The molecule has 0 bridgehead atoms. The molecule has 5 nitrogen and oxygen atoms in total. The molecule has 1 heterocycles. The van der Waals surface area contributed by atoms with E-state index in [-0.39, 0.29) is 29.4 Å². The normalized spacial score (nSPS) is 19.2. The lowest BCUT2D eigenvalue weighted by atomic mass is 9.96. The number of likely N-dealkylation sites (tertiary alicyclic amines) is 1. The second-order valence-corrected chi connectivity index (χ2v) is 8.60. The number of aliphatic imine (C=N–C) groups is 1. The van der Waals surface area contributed by atoms with Gasteiger partial charge >= 0.3 is 0 Å². The van der Waals surface area contributed by atoms with E-state index in [1.165, 1.54) is 18.4 Å². The van der Waals surface area contributed by atoms with Crippen LogP contribution in [0.1, 0.15) is 51.0 Å². The molecule has 2 aliphatic rings. The molecule has 7 heteroatoms. The Kier molecular flexibility index (Phi) is 9.05. The van der Waals surface area contributed by atoms with Crippen molar-refractivity contribution in [3.8, 4) is 0 Å². The van der Waals surface area contributed by atoms with Crippen molar-refractivity contribution in [1.29, 1.82) is 0 Å². The lowest BCUT2D eigenvalue weighted by Gasteiger charge is -2.27. The van der Waals surface area contributed by atoms with Gasteiger partial charge in [-0.2, -0.15) is 0 Å². The fourth-order valence-electron chi connectivity index (χ4n) is 4.00. The highest BCUT2D eigenvalue weighted by Crippen LogP contribution is 2.48. The van der Waals surface area contributed by atoms with Gasteiger partial charge in [0.2, 0.25) is 5.91 Å². The van der Waals surface area contributed by atoms with Gasteiger partial charge in [-0.25, -0.2) is 0 Å². The van der Waals surface area contributed by atoms with Gasteiger partial charge in [0.1, 0.15) is 0 Å². The summed E-state index contributed by atoms with van der Waals surface area (Å²) in [5.41, 5.74) is 1.62. The fraction of sp³-hybridized carbons (Fsp3) is 0.619. The van der Waals surface area contributed by atoms with Gasteiger partial charge in [0.05, 0.1) is 0 Å². The Labute approximate surface area is 194 Å². The van der Waals surface area contributed by atoms with Gasteiger partial charge in [-0.15, -0.1) is 24.0 Å². The number of nitrogens with zero attached hydrogens (tertiary/aromatic N) is 2. The maximum Gasteiger partial charge on any atom is 0.222 e. The van der Waals surface area contributed by atoms with Crippen LogP contribution in [0.25, 0.3) is 0 Å². The monoisotopic (exact) mass is 562 g/mol. The highest BCUT2D eigenvalue weighted by atomic mass is 127. The molecule has 1 amide bonds. The summed E-state index contributed by atoms with van der Waals surface area (Å²) in [6, 6.07) is 8.96. The van der Waals surface area contributed by atoms with Crippen LogP contribution >= 0.6 is 39.9 Å². The molecule has 0 aromatic heterocycles. The summed E-state index contributed by atoms with van der Waals surface area (Å²) in [7, 11) is 1.81. The first-order valence-electron chi connectivity index (χ1n) is 10.1. The third-order valence-electron chi connectivity index (χ3n) is 5.90. The predicted octanol–water partition coefficient (Wildman–Crippen LogP) is 4.05. The number of halogens is 2.